The maximum absolute atomic E-state index is 12.4. The summed E-state index contributed by atoms with van der Waals surface area (Å²) in [6.07, 6.45) is 4.17. The van der Waals surface area contributed by atoms with Crippen molar-refractivity contribution in [2.24, 2.45) is 0 Å². The molecule has 25 heavy (non-hydrogen) atoms. The number of carbonyl (C=O) groups excluding carboxylic acids is 2. The van der Waals surface area contributed by atoms with Crippen LogP contribution in [0.25, 0.3) is 11.2 Å². The Bertz CT molecular complexity index is 795. The zero-order valence-electron chi connectivity index (χ0n) is 14.2. The summed E-state index contributed by atoms with van der Waals surface area (Å²) in [5, 5.41) is 3.06. The fourth-order valence-corrected chi connectivity index (χ4v) is 3.71. The molecule has 2 aromatic heterocycles. The Hall–Kier alpha value is -2.48. The molecule has 0 aliphatic carbocycles. The van der Waals surface area contributed by atoms with Crippen LogP contribution < -0.4 is 5.32 Å². The van der Waals surface area contributed by atoms with E-state index >= 15 is 0 Å². The molecule has 0 bridgehead atoms. The number of hydrogen-bond acceptors (Lipinski definition) is 5. The summed E-state index contributed by atoms with van der Waals surface area (Å²) < 4.78 is 0. The zero-order valence-corrected chi connectivity index (χ0v) is 14.2. The number of pyridine rings is 1. The van der Waals surface area contributed by atoms with Gasteiger partial charge in [-0.05, 0) is 31.4 Å². The first-order chi connectivity index (χ1) is 12.1. The van der Waals surface area contributed by atoms with E-state index < -0.39 is 0 Å². The lowest BCUT2D eigenvalue weighted by molar-refractivity contribution is -0.131. The molecule has 2 fully saturated rings. The van der Waals surface area contributed by atoms with E-state index in [-0.39, 0.29) is 23.9 Å². The van der Waals surface area contributed by atoms with Crippen LogP contribution in [-0.4, -0.2) is 75.3 Å². The Morgan fingerprint density at radius 2 is 2.04 bits per heavy atom. The van der Waals surface area contributed by atoms with Crippen LogP contribution in [-0.2, 0) is 4.79 Å². The number of imidazole rings is 1. The number of rotatable bonds is 3. The molecule has 1 atom stereocenters. The minimum atomic E-state index is -0.167. The first-order valence-electron chi connectivity index (χ1n) is 8.72. The third kappa shape index (κ3) is 3.09. The lowest BCUT2D eigenvalue weighted by Gasteiger charge is -2.35. The Morgan fingerprint density at radius 3 is 2.76 bits per heavy atom. The average Bonchev–Trinajstić information content (AvgIpc) is 3.22. The maximum Gasteiger partial charge on any atom is 0.270 e. The van der Waals surface area contributed by atoms with E-state index in [4.69, 9.17) is 0 Å². The van der Waals surface area contributed by atoms with Crippen molar-refractivity contribution in [1.82, 2.24) is 30.1 Å². The molecule has 8 heteroatoms. The largest absolute Gasteiger partial charge is 0.348 e. The van der Waals surface area contributed by atoms with Gasteiger partial charge in [0.2, 0.25) is 5.91 Å². The molecule has 2 amide bonds. The molecule has 2 aromatic rings. The van der Waals surface area contributed by atoms with E-state index in [2.05, 4.69) is 25.2 Å². The molecule has 0 radical (unpaired) electrons. The second-order valence-corrected chi connectivity index (χ2v) is 6.82. The molecule has 0 spiro atoms. The Kier molecular flexibility index (Phi) is 4.12. The fraction of sp³-hybridized carbons (Fsp3) is 0.529. The minimum absolute atomic E-state index is 0.0189. The van der Waals surface area contributed by atoms with Crippen LogP contribution in [0.5, 0.6) is 0 Å². The molecule has 4 rings (SSSR count). The number of aromatic nitrogens is 3. The molecule has 2 aliphatic heterocycles. The second-order valence-electron chi connectivity index (χ2n) is 6.82. The number of likely N-dealkylation sites (N-methyl/N-ethyl adjacent to an activating group) is 1. The highest BCUT2D eigenvalue weighted by Crippen LogP contribution is 2.21. The van der Waals surface area contributed by atoms with Gasteiger partial charge in [-0.2, -0.15) is 0 Å². The third-order valence-electron chi connectivity index (χ3n) is 5.22. The number of carbonyl (C=O) groups is 2. The Morgan fingerprint density at radius 1 is 1.24 bits per heavy atom. The van der Waals surface area contributed by atoms with Crippen LogP contribution in [0, 0.1) is 0 Å². The van der Waals surface area contributed by atoms with Crippen molar-refractivity contribution in [3.05, 3.63) is 24.2 Å². The number of aromatic amines is 1. The smallest absolute Gasteiger partial charge is 0.270 e. The topological polar surface area (TPSA) is 94.2 Å². The first-order valence-corrected chi connectivity index (χ1v) is 8.72. The van der Waals surface area contributed by atoms with Gasteiger partial charge in [0.25, 0.3) is 5.91 Å². The summed E-state index contributed by atoms with van der Waals surface area (Å²) in [5.41, 5.74) is 1.75. The Labute approximate surface area is 145 Å². The predicted octanol–water partition coefficient (Wildman–Crippen LogP) is 0.383. The molecule has 1 unspecified atom stereocenters. The van der Waals surface area contributed by atoms with Crippen molar-refractivity contribution in [1.29, 1.82) is 0 Å². The number of H-pyrrole nitrogens is 1. The summed E-state index contributed by atoms with van der Waals surface area (Å²) in [6.45, 7) is 2.50. The number of likely N-dealkylation sites (tertiary alicyclic amines) is 2. The van der Waals surface area contributed by atoms with Crippen molar-refractivity contribution in [3.8, 4) is 0 Å². The minimum Gasteiger partial charge on any atom is -0.348 e. The van der Waals surface area contributed by atoms with Gasteiger partial charge >= 0.3 is 0 Å². The number of hydrogen-bond donors (Lipinski definition) is 2. The second kappa shape index (κ2) is 6.44. The van der Waals surface area contributed by atoms with Crippen LogP contribution in [0.15, 0.2) is 18.5 Å². The van der Waals surface area contributed by atoms with Gasteiger partial charge in [0.1, 0.15) is 5.69 Å². The number of piperidine rings is 1. The molecule has 2 aliphatic rings. The quantitative estimate of drug-likeness (QED) is 0.841. The van der Waals surface area contributed by atoms with Crippen molar-refractivity contribution < 1.29 is 9.59 Å². The molecule has 132 valence electrons. The van der Waals surface area contributed by atoms with Crippen LogP contribution in [0.4, 0.5) is 0 Å². The van der Waals surface area contributed by atoms with Gasteiger partial charge in [0.05, 0.1) is 17.9 Å². The van der Waals surface area contributed by atoms with Crippen LogP contribution in [0.2, 0.25) is 0 Å². The monoisotopic (exact) mass is 342 g/mol. The van der Waals surface area contributed by atoms with Crippen LogP contribution in [0.1, 0.15) is 29.8 Å². The summed E-state index contributed by atoms with van der Waals surface area (Å²) in [5.74, 6) is 0.0546. The van der Waals surface area contributed by atoms with Crippen molar-refractivity contribution in [2.75, 3.05) is 26.7 Å². The molecular formula is C17H22N6O2. The highest BCUT2D eigenvalue weighted by molar-refractivity contribution is 5.94. The molecular weight excluding hydrogens is 320 g/mol. The van der Waals surface area contributed by atoms with Crippen molar-refractivity contribution in [2.45, 2.75) is 31.3 Å². The van der Waals surface area contributed by atoms with Crippen molar-refractivity contribution >= 4 is 23.0 Å². The molecule has 2 N–H and O–H groups in total. The standard InChI is InChI=1S/C17H22N6O2/c1-22-7-6-14(17(22)25)23-8-4-11(5-9-23)20-16(24)13-3-2-12-15(21-13)19-10-18-12/h2-3,10-11,14H,4-9H2,1H3,(H,20,24)(H,18,19,21). The van der Waals surface area contributed by atoms with E-state index in [9.17, 15) is 9.59 Å². The highest BCUT2D eigenvalue weighted by Gasteiger charge is 2.35. The molecule has 2 saturated heterocycles. The summed E-state index contributed by atoms with van der Waals surface area (Å²) in [7, 11) is 1.86. The van der Waals surface area contributed by atoms with Crippen LogP contribution in [0.3, 0.4) is 0 Å². The normalized spacial score (nSPS) is 22.7. The van der Waals surface area contributed by atoms with Gasteiger partial charge in [-0.15, -0.1) is 0 Å². The third-order valence-corrected chi connectivity index (χ3v) is 5.22. The SMILES string of the molecule is CN1CCC(N2CCC(NC(=O)c3ccc4[nH]cnc4n3)CC2)C1=O. The first kappa shape index (κ1) is 16.0. The summed E-state index contributed by atoms with van der Waals surface area (Å²) in [4.78, 5) is 39.9. The number of amides is 2. The van der Waals surface area contributed by atoms with Gasteiger partial charge in [-0.3, -0.25) is 14.5 Å². The summed E-state index contributed by atoms with van der Waals surface area (Å²) in [6, 6.07) is 3.66. The van der Waals surface area contributed by atoms with Gasteiger partial charge in [-0.25, -0.2) is 9.97 Å². The van der Waals surface area contributed by atoms with E-state index in [0.29, 0.717) is 11.3 Å². The van der Waals surface area contributed by atoms with Crippen LogP contribution >= 0.6 is 0 Å². The summed E-state index contributed by atoms with van der Waals surface area (Å²) >= 11 is 0. The van der Waals surface area contributed by atoms with E-state index in [1.807, 2.05) is 13.1 Å². The van der Waals surface area contributed by atoms with Gasteiger partial charge in [-0.1, -0.05) is 0 Å². The average molecular weight is 342 g/mol. The van der Waals surface area contributed by atoms with Gasteiger partial charge in [0.15, 0.2) is 5.65 Å². The molecule has 4 heterocycles. The zero-order chi connectivity index (χ0) is 17.4. The van der Waals surface area contributed by atoms with E-state index in [0.717, 1.165) is 44.4 Å². The molecule has 0 aromatic carbocycles. The lowest BCUT2D eigenvalue weighted by atomic mass is 10.0. The van der Waals surface area contributed by atoms with E-state index in [1.165, 1.54) is 0 Å². The van der Waals surface area contributed by atoms with E-state index in [1.54, 1.807) is 17.3 Å². The van der Waals surface area contributed by atoms with Crippen molar-refractivity contribution in [3.63, 3.8) is 0 Å². The number of nitrogens with one attached hydrogen (secondary N) is 2. The van der Waals surface area contributed by atoms with Gasteiger partial charge in [0, 0.05) is 32.7 Å². The number of nitrogens with zero attached hydrogens (tertiary/aromatic N) is 4. The fourth-order valence-electron chi connectivity index (χ4n) is 3.71. The highest BCUT2D eigenvalue weighted by atomic mass is 16.2. The Balaban J connectivity index is 1.33. The molecule has 8 nitrogen and oxygen atoms in total. The van der Waals surface area contributed by atoms with Gasteiger partial charge < -0.3 is 15.2 Å². The predicted molar refractivity (Wildman–Crippen MR) is 92.0 cm³/mol. The maximum atomic E-state index is 12.4. The molecule has 0 saturated carbocycles. The number of fused-ring (bicyclic) bond motifs is 1. The lowest BCUT2D eigenvalue weighted by Crippen LogP contribution is -2.50.